The molecule has 0 amide bonds. The van der Waals surface area contributed by atoms with Crippen molar-refractivity contribution in [2.24, 2.45) is 10.8 Å². The Bertz CT molecular complexity index is 412. The number of hydrogen-bond donors (Lipinski definition) is 3. The fourth-order valence-electron chi connectivity index (χ4n) is 1.35. The van der Waals surface area contributed by atoms with Gasteiger partial charge in [-0.1, -0.05) is 22.0 Å². The quantitative estimate of drug-likeness (QED) is 0.337. The van der Waals surface area contributed by atoms with Gasteiger partial charge in [-0.3, -0.25) is 5.43 Å². The molecule has 0 heterocycles. The molecule has 0 spiro atoms. The van der Waals surface area contributed by atoms with Crippen molar-refractivity contribution in [3.8, 4) is 0 Å². The predicted octanol–water partition coefficient (Wildman–Crippen LogP) is 2.15. The molecule has 86 valence electrons. The van der Waals surface area contributed by atoms with E-state index < -0.39 is 0 Å². The molecule has 5 heteroatoms. The number of hydrazine groups is 1. The van der Waals surface area contributed by atoms with Gasteiger partial charge in [-0.2, -0.15) is 0 Å². The Balaban J connectivity index is 2.14. The average Bonchev–Trinajstić information content (AvgIpc) is 3.06. The van der Waals surface area contributed by atoms with Crippen LogP contribution in [-0.4, -0.2) is 12.0 Å². The minimum atomic E-state index is 0.436. The van der Waals surface area contributed by atoms with Gasteiger partial charge in [-0.05, 0) is 37.5 Å². The minimum absolute atomic E-state index is 0.436. The molecular formula is C11H15BrN4. The zero-order valence-electron chi connectivity index (χ0n) is 9.13. The van der Waals surface area contributed by atoms with Crippen LogP contribution < -0.4 is 16.6 Å². The zero-order chi connectivity index (χ0) is 11.5. The summed E-state index contributed by atoms with van der Waals surface area (Å²) in [7, 11) is 0. The lowest BCUT2D eigenvalue weighted by molar-refractivity contribution is 0.965. The average molecular weight is 283 g/mol. The maximum Gasteiger partial charge on any atom is 0.210 e. The van der Waals surface area contributed by atoms with Gasteiger partial charge in [0.1, 0.15) is 0 Å². The second-order valence-corrected chi connectivity index (χ2v) is 4.85. The SMILES string of the molecule is Cc1ccc(Br)cc1NC(=NC1CC1)NN. The van der Waals surface area contributed by atoms with E-state index in [1.807, 2.05) is 25.1 Å². The van der Waals surface area contributed by atoms with Crippen LogP contribution in [0, 0.1) is 6.92 Å². The molecule has 4 N–H and O–H groups in total. The highest BCUT2D eigenvalue weighted by Gasteiger charge is 2.21. The van der Waals surface area contributed by atoms with Gasteiger partial charge in [-0.15, -0.1) is 0 Å². The van der Waals surface area contributed by atoms with Crippen molar-refractivity contribution in [2.75, 3.05) is 5.32 Å². The van der Waals surface area contributed by atoms with Gasteiger partial charge >= 0.3 is 0 Å². The summed E-state index contributed by atoms with van der Waals surface area (Å²) in [4.78, 5) is 4.43. The van der Waals surface area contributed by atoms with Crippen LogP contribution >= 0.6 is 15.9 Å². The second kappa shape index (κ2) is 4.84. The lowest BCUT2D eigenvalue weighted by Gasteiger charge is -2.11. The standard InChI is InChI=1S/C11H15BrN4/c1-7-2-3-8(12)6-10(7)15-11(16-13)14-9-4-5-9/h2-3,6,9H,4-5,13H2,1H3,(H2,14,15,16). The van der Waals surface area contributed by atoms with Crippen LogP contribution in [0.2, 0.25) is 0 Å². The largest absolute Gasteiger partial charge is 0.325 e. The van der Waals surface area contributed by atoms with Crippen molar-refractivity contribution in [3.63, 3.8) is 0 Å². The molecule has 1 saturated carbocycles. The monoisotopic (exact) mass is 282 g/mol. The molecule has 1 fully saturated rings. The lowest BCUT2D eigenvalue weighted by Crippen LogP contribution is -2.36. The molecule has 0 atom stereocenters. The highest BCUT2D eigenvalue weighted by molar-refractivity contribution is 9.10. The van der Waals surface area contributed by atoms with Crippen molar-refractivity contribution in [3.05, 3.63) is 28.2 Å². The van der Waals surface area contributed by atoms with E-state index in [2.05, 4.69) is 31.7 Å². The summed E-state index contributed by atoms with van der Waals surface area (Å²) in [6, 6.07) is 6.49. The first-order chi connectivity index (χ1) is 7.69. The van der Waals surface area contributed by atoms with Crippen molar-refractivity contribution in [1.82, 2.24) is 5.43 Å². The number of nitrogens with one attached hydrogen (secondary N) is 2. The van der Waals surface area contributed by atoms with Crippen LogP contribution in [0.4, 0.5) is 5.69 Å². The number of rotatable bonds is 2. The van der Waals surface area contributed by atoms with E-state index in [0.29, 0.717) is 12.0 Å². The van der Waals surface area contributed by atoms with Gasteiger partial charge in [0.15, 0.2) is 0 Å². The first-order valence-corrected chi connectivity index (χ1v) is 6.06. The number of anilines is 1. The van der Waals surface area contributed by atoms with E-state index in [9.17, 15) is 0 Å². The Morgan fingerprint density at radius 2 is 2.25 bits per heavy atom. The number of benzene rings is 1. The third-order valence-corrected chi connectivity index (χ3v) is 2.94. The van der Waals surface area contributed by atoms with Gasteiger partial charge in [0, 0.05) is 10.2 Å². The van der Waals surface area contributed by atoms with Gasteiger partial charge in [0.05, 0.1) is 6.04 Å². The van der Waals surface area contributed by atoms with Gasteiger partial charge in [0.2, 0.25) is 5.96 Å². The normalized spacial score (nSPS) is 16.1. The van der Waals surface area contributed by atoms with Gasteiger partial charge in [-0.25, -0.2) is 10.8 Å². The Morgan fingerprint density at radius 1 is 1.50 bits per heavy atom. The number of aryl methyl sites for hydroxylation is 1. The molecule has 1 aliphatic carbocycles. The van der Waals surface area contributed by atoms with E-state index in [0.717, 1.165) is 28.6 Å². The van der Waals surface area contributed by atoms with Crippen LogP contribution in [-0.2, 0) is 0 Å². The molecule has 0 unspecified atom stereocenters. The van der Waals surface area contributed by atoms with Crippen molar-refractivity contribution >= 4 is 27.6 Å². The van der Waals surface area contributed by atoms with Gasteiger partial charge in [0.25, 0.3) is 0 Å². The Kier molecular flexibility index (Phi) is 3.46. The molecule has 1 aliphatic rings. The molecule has 0 aliphatic heterocycles. The van der Waals surface area contributed by atoms with Crippen molar-refractivity contribution < 1.29 is 0 Å². The van der Waals surface area contributed by atoms with Crippen LogP contribution in [0.15, 0.2) is 27.7 Å². The topological polar surface area (TPSA) is 62.4 Å². The van der Waals surface area contributed by atoms with Crippen molar-refractivity contribution in [1.29, 1.82) is 0 Å². The summed E-state index contributed by atoms with van der Waals surface area (Å²) >= 11 is 3.44. The summed E-state index contributed by atoms with van der Waals surface area (Å²) in [6.07, 6.45) is 2.31. The fraction of sp³-hybridized carbons (Fsp3) is 0.364. The number of nitrogens with two attached hydrogens (primary N) is 1. The number of guanidine groups is 1. The van der Waals surface area contributed by atoms with Crippen LogP contribution in [0.3, 0.4) is 0 Å². The van der Waals surface area contributed by atoms with E-state index in [-0.39, 0.29) is 0 Å². The third-order valence-electron chi connectivity index (χ3n) is 2.45. The van der Waals surface area contributed by atoms with Gasteiger partial charge < -0.3 is 5.32 Å². The summed E-state index contributed by atoms with van der Waals surface area (Å²) < 4.78 is 1.03. The Morgan fingerprint density at radius 3 is 2.88 bits per heavy atom. The minimum Gasteiger partial charge on any atom is -0.325 e. The number of aliphatic imine (C=N–C) groups is 1. The molecule has 1 aromatic rings. The first kappa shape index (κ1) is 11.4. The van der Waals surface area contributed by atoms with E-state index >= 15 is 0 Å². The zero-order valence-corrected chi connectivity index (χ0v) is 10.7. The van der Waals surface area contributed by atoms with Crippen LogP contribution in [0.25, 0.3) is 0 Å². The smallest absolute Gasteiger partial charge is 0.210 e. The maximum absolute atomic E-state index is 5.43. The molecule has 0 saturated heterocycles. The maximum atomic E-state index is 5.43. The fourth-order valence-corrected chi connectivity index (χ4v) is 1.71. The molecule has 16 heavy (non-hydrogen) atoms. The number of hydrogen-bond acceptors (Lipinski definition) is 2. The highest BCUT2D eigenvalue weighted by atomic mass is 79.9. The molecule has 0 aromatic heterocycles. The number of halogens is 1. The molecule has 1 aromatic carbocycles. The lowest BCUT2D eigenvalue weighted by atomic mass is 10.2. The predicted molar refractivity (Wildman–Crippen MR) is 70.3 cm³/mol. The molecule has 0 radical (unpaired) electrons. The summed E-state index contributed by atoms with van der Waals surface area (Å²) in [6.45, 7) is 2.04. The second-order valence-electron chi connectivity index (χ2n) is 3.94. The molecule has 2 rings (SSSR count). The van der Waals surface area contributed by atoms with Crippen molar-refractivity contribution in [2.45, 2.75) is 25.8 Å². The molecular weight excluding hydrogens is 268 g/mol. The third kappa shape index (κ3) is 2.96. The summed E-state index contributed by atoms with van der Waals surface area (Å²) in [5.41, 5.74) is 4.75. The molecule has 0 bridgehead atoms. The Labute approximate surface area is 103 Å². The van der Waals surface area contributed by atoms with Crippen LogP contribution in [0.1, 0.15) is 18.4 Å². The van der Waals surface area contributed by atoms with Crippen LogP contribution in [0.5, 0.6) is 0 Å². The Hall–Kier alpha value is -1.07. The van der Waals surface area contributed by atoms with E-state index in [4.69, 9.17) is 5.84 Å². The summed E-state index contributed by atoms with van der Waals surface area (Å²) in [5.74, 6) is 6.06. The first-order valence-electron chi connectivity index (χ1n) is 5.26. The van der Waals surface area contributed by atoms with E-state index in [1.54, 1.807) is 0 Å². The van der Waals surface area contributed by atoms with E-state index in [1.165, 1.54) is 0 Å². The molecule has 4 nitrogen and oxygen atoms in total. The number of nitrogens with zero attached hydrogens (tertiary/aromatic N) is 1. The summed E-state index contributed by atoms with van der Waals surface area (Å²) in [5, 5.41) is 3.19. The highest BCUT2D eigenvalue weighted by Crippen LogP contribution is 2.24.